The molecule has 1 aliphatic heterocycles. The van der Waals surface area contributed by atoms with Crippen LogP contribution in [0.5, 0.6) is 11.5 Å². The summed E-state index contributed by atoms with van der Waals surface area (Å²) in [6.45, 7) is 1.81. The summed E-state index contributed by atoms with van der Waals surface area (Å²) < 4.78 is 18.8. The van der Waals surface area contributed by atoms with Gasteiger partial charge in [0.15, 0.2) is 11.6 Å². The summed E-state index contributed by atoms with van der Waals surface area (Å²) in [4.78, 5) is 0. The van der Waals surface area contributed by atoms with Crippen LogP contribution in [-0.2, 0) is 0 Å². The van der Waals surface area contributed by atoms with Gasteiger partial charge in [-0.25, -0.2) is 4.39 Å². The Hall–Kier alpha value is -1.00. The highest BCUT2D eigenvalue weighted by Crippen LogP contribution is 2.24. The second-order valence-electron chi connectivity index (χ2n) is 3.68. The lowest BCUT2D eigenvalue weighted by Gasteiger charge is -2.23. The summed E-state index contributed by atoms with van der Waals surface area (Å²) in [5.41, 5.74) is 0. The van der Waals surface area contributed by atoms with Crippen LogP contribution in [0.3, 0.4) is 0 Å². The van der Waals surface area contributed by atoms with Gasteiger partial charge in [0.1, 0.15) is 11.9 Å². The van der Waals surface area contributed by atoms with Gasteiger partial charge in [0.05, 0.1) is 0 Å². The number of ether oxygens (including phenoxy) is 1. The smallest absolute Gasteiger partial charge is 0.168 e. The molecule has 0 bridgehead atoms. The van der Waals surface area contributed by atoms with E-state index in [0.717, 1.165) is 32.0 Å². The fraction of sp³-hybridized carbons (Fsp3) is 0.455. The summed E-state index contributed by atoms with van der Waals surface area (Å²) in [7, 11) is 0. The summed E-state index contributed by atoms with van der Waals surface area (Å²) >= 11 is 0. The van der Waals surface area contributed by atoms with E-state index in [4.69, 9.17) is 9.84 Å². The highest BCUT2D eigenvalue weighted by Gasteiger charge is 2.16. The molecular weight excluding hydrogens is 233 g/mol. The van der Waals surface area contributed by atoms with Crippen LogP contribution >= 0.6 is 12.4 Å². The van der Waals surface area contributed by atoms with Gasteiger partial charge >= 0.3 is 0 Å². The minimum absolute atomic E-state index is 0. The van der Waals surface area contributed by atoms with E-state index in [1.807, 2.05) is 0 Å². The average molecular weight is 248 g/mol. The summed E-state index contributed by atoms with van der Waals surface area (Å²) in [5, 5.41) is 12.2. The lowest BCUT2D eigenvalue weighted by atomic mass is 10.1. The van der Waals surface area contributed by atoms with Crippen LogP contribution in [0.25, 0.3) is 0 Å². The molecular formula is C11H15ClFNO2. The van der Waals surface area contributed by atoms with Crippen molar-refractivity contribution < 1.29 is 14.2 Å². The first-order valence-electron chi connectivity index (χ1n) is 5.11. The number of hydrogen-bond donors (Lipinski definition) is 2. The minimum atomic E-state index is -0.506. The number of benzene rings is 1. The molecule has 0 aliphatic carbocycles. The van der Waals surface area contributed by atoms with Gasteiger partial charge in [-0.3, -0.25) is 0 Å². The van der Waals surface area contributed by atoms with Crippen LogP contribution in [0.4, 0.5) is 4.39 Å². The first-order valence-corrected chi connectivity index (χ1v) is 5.11. The number of nitrogens with one attached hydrogen (secondary N) is 1. The Bertz CT molecular complexity index is 343. The fourth-order valence-corrected chi connectivity index (χ4v) is 1.68. The molecule has 90 valence electrons. The predicted molar refractivity (Wildman–Crippen MR) is 61.8 cm³/mol. The number of hydrogen-bond acceptors (Lipinski definition) is 3. The average Bonchev–Trinajstić information content (AvgIpc) is 2.24. The predicted octanol–water partition coefficient (Wildman–Crippen LogP) is 2.08. The van der Waals surface area contributed by atoms with Crippen molar-refractivity contribution in [2.45, 2.75) is 18.9 Å². The molecule has 3 nitrogen and oxygen atoms in total. The van der Waals surface area contributed by atoms with Crippen molar-refractivity contribution in [1.29, 1.82) is 0 Å². The zero-order valence-electron chi connectivity index (χ0n) is 8.78. The Labute approximate surface area is 100 Å². The van der Waals surface area contributed by atoms with E-state index >= 15 is 0 Å². The number of phenols is 1. The molecule has 2 N–H and O–H groups in total. The molecule has 0 radical (unpaired) electrons. The van der Waals surface area contributed by atoms with E-state index in [1.54, 1.807) is 0 Å². The number of halogens is 2. The molecule has 0 atom stereocenters. The maximum atomic E-state index is 13.3. The van der Waals surface area contributed by atoms with Crippen LogP contribution in [0.1, 0.15) is 12.8 Å². The second-order valence-corrected chi connectivity index (χ2v) is 3.68. The van der Waals surface area contributed by atoms with Gasteiger partial charge in [0.25, 0.3) is 0 Å². The van der Waals surface area contributed by atoms with Crippen molar-refractivity contribution in [3.8, 4) is 11.5 Å². The van der Waals surface area contributed by atoms with E-state index < -0.39 is 5.82 Å². The Morgan fingerprint density at radius 3 is 2.62 bits per heavy atom. The highest BCUT2D eigenvalue weighted by atomic mass is 35.5. The Kier molecular flexibility index (Phi) is 4.83. The zero-order valence-corrected chi connectivity index (χ0v) is 9.60. The molecule has 5 heteroatoms. The topological polar surface area (TPSA) is 41.5 Å². The molecule has 2 rings (SSSR count). The van der Waals surface area contributed by atoms with Crippen LogP contribution in [-0.4, -0.2) is 24.3 Å². The lowest BCUT2D eigenvalue weighted by Crippen LogP contribution is -2.34. The molecule has 16 heavy (non-hydrogen) atoms. The molecule has 1 saturated heterocycles. The molecule has 1 aromatic rings. The lowest BCUT2D eigenvalue weighted by molar-refractivity contribution is 0.155. The Balaban J connectivity index is 0.00000128. The molecule has 0 unspecified atom stereocenters. The first-order chi connectivity index (χ1) is 7.25. The van der Waals surface area contributed by atoms with Crippen molar-refractivity contribution in [1.82, 2.24) is 5.32 Å². The van der Waals surface area contributed by atoms with Crippen molar-refractivity contribution in [2.75, 3.05) is 13.1 Å². The molecule has 1 fully saturated rings. The van der Waals surface area contributed by atoms with Gasteiger partial charge in [-0.15, -0.1) is 12.4 Å². The molecule has 0 saturated carbocycles. The van der Waals surface area contributed by atoms with E-state index in [-0.39, 0.29) is 30.0 Å². The Morgan fingerprint density at radius 1 is 1.31 bits per heavy atom. The van der Waals surface area contributed by atoms with Crippen LogP contribution < -0.4 is 10.1 Å². The van der Waals surface area contributed by atoms with Crippen LogP contribution in [0, 0.1) is 5.82 Å². The summed E-state index contributed by atoms with van der Waals surface area (Å²) in [6.07, 6.45) is 1.85. The van der Waals surface area contributed by atoms with Gasteiger partial charge in [-0.2, -0.15) is 0 Å². The molecule has 1 aliphatic rings. The molecule has 1 aromatic carbocycles. The normalized spacial score (nSPS) is 16.6. The van der Waals surface area contributed by atoms with Gasteiger partial charge in [0, 0.05) is 6.07 Å². The maximum Gasteiger partial charge on any atom is 0.168 e. The molecule has 1 heterocycles. The first kappa shape index (κ1) is 13.1. The number of piperidine rings is 1. The fourth-order valence-electron chi connectivity index (χ4n) is 1.68. The summed E-state index contributed by atoms with van der Waals surface area (Å²) in [6, 6.07) is 3.96. The summed E-state index contributed by atoms with van der Waals surface area (Å²) in [5.74, 6) is -0.363. The third kappa shape index (κ3) is 3.25. The third-order valence-corrected chi connectivity index (χ3v) is 2.50. The SMILES string of the molecule is Cl.Oc1ccc(OC2CCNCC2)c(F)c1. The highest BCUT2D eigenvalue weighted by molar-refractivity contribution is 5.85. The van der Waals surface area contributed by atoms with Crippen molar-refractivity contribution in [3.63, 3.8) is 0 Å². The largest absolute Gasteiger partial charge is 0.508 e. The number of aromatic hydroxyl groups is 1. The quantitative estimate of drug-likeness (QED) is 0.841. The van der Waals surface area contributed by atoms with Gasteiger partial charge in [-0.05, 0) is 38.1 Å². The molecule has 0 spiro atoms. The monoisotopic (exact) mass is 247 g/mol. The van der Waals surface area contributed by atoms with Crippen molar-refractivity contribution >= 4 is 12.4 Å². The Morgan fingerprint density at radius 2 is 2.00 bits per heavy atom. The molecule has 0 amide bonds. The second kappa shape index (κ2) is 5.92. The molecule has 0 aromatic heterocycles. The minimum Gasteiger partial charge on any atom is -0.508 e. The van der Waals surface area contributed by atoms with Crippen molar-refractivity contribution in [2.24, 2.45) is 0 Å². The van der Waals surface area contributed by atoms with E-state index in [9.17, 15) is 4.39 Å². The van der Waals surface area contributed by atoms with Gasteiger partial charge < -0.3 is 15.2 Å². The number of phenolic OH excluding ortho intramolecular Hbond substituents is 1. The standard InChI is InChI=1S/C11H14FNO2.ClH/c12-10-7-8(14)1-2-11(10)15-9-3-5-13-6-4-9;/h1-2,7,9,13-14H,3-6H2;1H. The number of rotatable bonds is 2. The van der Waals surface area contributed by atoms with E-state index in [2.05, 4.69) is 5.32 Å². The van der Waals surface area contributed by atoms with Crippen LogP contribution in [0.2, 0.25) is 0 Å². The third-order valence-electron chi connectivity index (χ3n) is 2.50. The van der Waals surface area contributed by atoms with Gasteiger partial charge in [-0.1, -0.05) is 0 Å². The van der Waals surface area contributed by atoms with E-state index in [1.165, 1.54) is 12.1 Å². The van der Waals surface area contributed by atoms with E-state index in [0.29, 0.717) is 0 Å². The van der Waals surface area contributed by atoms with Crippen LogP contribution in [0.15, 0.2) is 18.2 Å². The maximum absolute atomic E-state index is 13.3. The zero-order chi connectivity index (χ0) is 10.7. The van der Waals surface area contributed by atoms with Crippen molar-refractivity contribution in [3.05, 3.63) is 24.0 Å². The van der Waals surface area contributed by atoms with Gasteiger partial charge in [0.2, 0.25) is 0 Å².